The van der Waals surface area contributed by atoms with Crippen molar-refractivity contribution in [1.29, 1.82) is 0 Å². The van der Waals surface area contributed by atoms with Gasteiger partial charge < -0.3 is 10.1 Å². The van der Waals surface area contributed by atoms with Crippen molar-refractivity contribution in [2.24, 2.45) is 0 Å². The molecular formula is C18H23FN4O2. The fourth-order valence-corrected chi connectivity index (χ4v) is 3.07. The van der Waals surface area contributed by atoms with Crippen molar-refractivity contribution in [2.45, 2.75) is 26.1 Å². The fourth-order valence-electron chi connectivity index (χ4n) is 3.07. The lowest BCUT2D eigenvalue weighted by atomic mass is 10.2. The van der Waals surface area contributed by atoms with E-state index < -0.39 is 0 Å². The third-order valence-corrected chi connectivity index (χ3v) is 4.12. The number of benzene rings is 1. The van der Waals surface area contributed by atoms with Gasteiger partial charge in [-0.25, -0.2) is 9.07 Å². The molecule has 0 saturated carbocycles. The van der Waals surface area contributed by atoms with Gasteiger partial charge in [0.15, 0.2) is 5.69 Å². The maximum absolute atomic E-state index is 13.0. The number of amides is 1. The Morgan fingerprint density at radius 1 is 1.24 bits per heavy atom. The summed E-state index contributed by atoms with van der Waals surface area (Å²) >= 11 is 0. The second-order valence-electron chi connectivity index (χ2n) is 6.39. The molecule has 0 spiro atoms. The Morgan fingerprint density at radius 2 is 1.92 bits per heavy atom. The van der Waals surface area contributed by atoms with Crippen LogP contribution < -0.4 is 5.32 Å². The van der Waals surface area contributed by atoms with Crippen LogP contribution >= 0.6 is 0 Å². The number of hydrogen-bond acceptors (Lipinski definition) is 4. The Balaban J connectivity index is 1.51. The van der Waals surface area contributed by atoms with Crippen LogP contribution in [0.3, 0.4) is 0 Å². The first-order valence-electron chi connectivity index (χ1n) is 8.49. The van der Waals surface area contributed by atoms with Gasteiger partial charge in [0.25, 0.3) is 5.91 Å². The molecule has 1 saturated heterocycles. The lowest BCUT2D eigenvalue weighted by Gasteiger charge is -2.35. The predicted molar refractivity (Wildman–Crippen MR) is 92.3 cm³/mol. The van der Waals surface area contributed by atoms with Crippen molar-refractivity contribution in [1.82, 2.24) is 20.0 Å². The number of ether oxygens (including phenoxy) is 1. The smallest absolute Gasteiger partial charge is 0.271 e. The highest BCUT2D eigenvalue weighted by Crippen LogP contribution is 2.10. The fraction of sp³-hybridized carbons (Fsp3) is 0.444. The second-order valence-corrected chi connectivity index (χ2v) is 6.39. The SMILES string of the molecule is C[C@H]1CN(CCNC(=O)c2ccn(-c3ccc(F)cc3)n2)C[C@H](C)O1. The molecule has 3 rings (SSSR count). The number of carbonyl (C=O) groups is 1. The summed E-state index contributed by atoms with van der Waals surface area (Å²) in [6.07, 6.45) is 2.12. The van der Waals surface area contributed by atoms with Crippen LogP contribution in [0.15, 0.2) is 36.5 Å². The van der Waals surface area contributed by atoms with E-state index in [4.69, 9.17) is 4.74 Å². The molecule has 1 aromatic carbocycles. The van der Waals surface area contributed by atoms with Crippen LogP contribution in [0.5, 0.6) is 0 Å². The maximum Gasteiger partial charge on any atom is 0.271 e. The van der Waals surface area contributed by atoms with E-state index in [1.807, 2.05) is 0 Å². The molecule has 2 atom stereocenters. The van der Waals surface area contributed by atoms with Gasteiger partial charge in [0, 0.05) is 32.4 Å². The molecule has 25 heavy (non-hydrogen) atoms. The monoisotopic (exact) mass is 346 g/mol. The molecule has 2 heterocycles. The number of nitrogens with zero attached hydrogens (tertiary/aromatic N) is 3. The average molecular weight is 346 g/mol. The quantitative estimate of drug-likeness (QED) is 0.898. The number of hydrogen-bond donors (Lipinski definition) is 1. The first-order chi connectivity index (χ1) is 12.0. The maximum atomic E-state index is 13.0. The summed E-state index contributed by atoms with van der Waals surface area (Å²) in [5, 5.41) is 7.14. The summed E-state index contributed by atoms with van der Waals surface area (Å²) in [4.78, 5) is 14.5. The molecule has 1 amide bonds. The minimum atomic E-state index is -0.305. The number of halogens is 1. The highest BCUT2D eigenvalue weighted by Gasteiger charge is 2.21. The zero-order valence-electron chi connectivity index (χ0n) is 14.5. The van der Waals surface area contributed by atoms with Crippen LogP contribution in [0.25, 0.3) is 5.69 Å². The predicted octanol–water partition coefficient (Wildman–Crippen LogP) is 1.85. The molecule has 1 aliphatic rings. The Labute approximate surface area is 146 Å². The van der Waals surface area contributed by atoms with Gasteiger partial charge in [-0.3, -0.25) is 9.69 Å². The number of aromatic nitrogens is 2. The zero-order valence-corrected chi connectivity index (χ0v) is 14.5. The third kappa shape index (κ3) is 4.64. The van der Waals surface area contributed by atoms with Crippen LogP contribution in [0.1, 0.15) is 24.3 Å². The molecule has 2 aromatic rings. The highest BCUT2D eigenvalue weighted by atomic mass is 19.1. The van der Waals surface area contributed by atoms with Gasteiger partial charge in [0.2, 0.25) is 0 Å². The first kappa shape index (κ1) is 17.6. The summed E-state index contributed by atoms with van der Waals surface area (Å²) in [7, 11) is 0. The number of carbonyl (C=O) groups excluding carboxylic acids is 1. The largest absolute Gasteiger partial charge is 0.373 e. The van der Waals surface area contributed by atoms with Crippen LogP contribution in [0, 0.1) is 5.82 Å². The van der Waals surface area contributed by atoms with Gasteiger partial charge in [-0.05, 0) is 44.2 Å². The summed E-state index contributed by atoms with van der Waals surface area (Å²) in [6, 6.07) is 7.61. The third-order valence-electron chi connectivity index (χ3n) is 4.12. The van der Waals surface area contributed by atoms with Crippen LogP contribution in [-0.4, -0.2) is 59.0 Å². The Morgan fingerprint density at radius 3 is 2.60 bits per heavy atom. The molecule has 0 aliphatic carbocycles. The molecule has 1 fully saturated rings. The van der Waals surface area contributed by atoms with E-state index in [0.29, 0.717) is 17.9 Å². The first-order valence-corrected chi connectivity index (χ1v) is 8.49. The molecule has 0 radical (unpaired) electrons. The van der Waals surface area contributed by atoms with Crippen molar-refractivity contribution in [2.75, 3.05) is 26.2 Å². The Hall–Kier alpha value is -2.25. The molecule has 134 valence electrons. The molecule has 6 nitrogen and oxygen atoms in total. The highest BCUT2D eigenvalue weighted by molar-refractivity contribution is 5.92. The minimum absolute atomic E-state index is 0.213. The standard InChI is InChI=1S/C18H23FN4O2/c1-13-11-22(12-14(2)25-13)10-8-20-18(24)17-7-9-23(21-17)16-5-3-15(19)4-6-16/h3-7,9,13-14H,8,10-12H2,1-2H3,(H,20,24)/t13-,14-/m0/s1. The molecule has 7 heteroatoms. The summed E-state index contributed by atoms with van der Waals surface area (Å²) in [6.45, 7) is 7.20. The van der Waals surface area contributed by atoms with Crippen molar-refractivity contribution in [3.05, 3.63) is 48.0 Å². The van der Waals surface area contributed by atoms with Crippen molar-refractivity contribution in [3.63, 3.8) is 0 Å². The van der Waals surface area contributed by atoms with Gasteiger partial charge >= 0.3 is 0 Å². The molecule has 1 aromatic heterocycles. The zero-order chi connectivity index (χ0) is 17.8. The molecule has 1 aliphatic heterocycles. The van der Waals surface area contributed by atoms with Crippen molar-refractivity contribution >= 4 is 5.91 Å². The lowest BCUT2D eigenvalue weighted by molar-refractivity contribution is -0.0672. The molecule has 0 bridgehead atoms. The van der Waals surface area contributed by atoms with Crippen LogP contribution in [-0.2, 0) is 4.74 Å². The van der Waals surface area contributed by atoms with Crippen LogP contribution in [0.2, 0.25) is 0 Å². The van der Waals surface area contributed by atoms with Gasteiger partial charge in [0.1, 0.15) is 5.82 Å². The minimum Gasteiger partial charge on any atom is -0.373 e. The van der Waals surface area contributed by atoms with Gasteiger partial charge in [-0.2, -0.15) is 5.10 Å². The topological polar surface area (TPSA) is 59.4 Å². The number of nitrogens with one attached hydrogen (secondary N) is 1. The summed E-state index contributed by atoms with van der Waals surface area (Å²) < 4.78 is 20.2. The van der Waals surface area contributed by atoms with E-state index >= 15 is 0 Å². The average Bonchev–Trinajstić information content (AvgIpc) is 3.04. The Kier molecular flexibility index (Phi) is 5.45. The van der Waals surface area contributed by atoms with E-state index in [9.17, 15) is 9.18 Å². The van der Waals surface area contributed by atoms with E-state index in [1.54, 1.807) is 29.1 Å². The van der Waals surface area contributed by atoms with Crippen molar-refractivity contribution in [3.8, 4) is 5.69 Å². The van der Waals surface area contributed by atoms with Gasteiger partial charge in [-0.15, -0.1) is 0 Å². The molecule has 0 unspecified atom stereocenters. The van der Waals surface area contributed by atoms with Crippen LogP contribution in [0.4, 0.5) is 4.39 Å². The number of morpholine rings is 1. The lowest BCUT2D eigenvalue weighted by Crippen LogP contribution is -2.47. The Bertz CT molecular complexity index is 706. The van der Waals surface area contributed by atoms with E-state index in [-0.39, 0.29) is 23.9 Å². The van der Waals surface area contributed by atoms with Gasteiger partial charge in [-0.1, -0.05) is 0 Å². The van der Waals surface area contributed by atoms with Crippen molar-refractivity contribution < 1.29 is 13.9 Å². The molecule has 1 N–H and O–H groups in total. The summed E-state index contributed by atoms with van der Waals surface area (Å²) in [5.74, 6) is -0.518. The number of rotatable bonds is 5. The molecular weight excluding hydrogens is 323 g/mol. The second kappa shape index (κ2) is 7.76. The summed E-state index contributed by atoms with van der Waals surface area (Å²) in [5.41, 5.74) is 1.05. The van der Waals surface area contributed by atoms with E-state index in [0.717, 1.165) is 19.6 Å². The normalized spacial score (nSPS) is 21.2. The van der Waals surface area contributed by atoms with E-state index in [2.05, 4.69) is 29.2 Å². The van der Waals surface area contributed by atoms with Gasteiger partial charge in [0.05, 0.1) is 17.9 Å². The van der Waals surface area contributed by atoms with E-state index in [1.165, 1.54) is 12.1 Å².